The van der Waals surface area contributed by atoms with Crippen molar-refractivity contribution in [3.63, 3.8) is 0 Å². The molecule has 0 unspecified atom stereocenters. The molecule has 2 N–H and O–H groups in total. The average Bonchev–Trinajstić information content (AvgIpc) is 3.02. The minimum Gasteiger partial charge on any atom is -0.372 e. The van der Waals surface area contributed by atoms with Crippen molar-refractivity contribution >= 4 is 27.1 Å². The van der Waals surface area contributed by atoms with Crippen molar-refractivity contribution in [2.24, 2.45) is 0 Å². The number of carbonyl (C=O) groups excluding carboxylic acids is 1. The van der Waals surface area contributed by atoms with Gasteiger partial charge in [-0.3, -0.25) is 4.79 Å². The predicted molar refractivity (Wildman–Crippen MR) is 122 cm³/mol. The summed E-state index contributed by atoms with van der Waals surface area (Å²) in [6.45, 7) is 4.30. The molecule has 162 valence electrons. The molecule has 1 amide bonds. The molecule has 0 aromatic heterocycles. The van der Waals surface area contributed by atoms with Gasteiger partial charge in [0.25, 0.3) is 0 Å². The molecular weight excluding hydrogens is 398 g/mol. The Morgan fingerprint density at radius 1 is 0.967 bits per heavy atom. The molecule has 7 heteroatoms. The Hall–Kier alpha value is -2.38. The predicted octanol–water partition coefficient (Wildman–Crippen LogP) is 3.76. The van der Waals surface area contributed by atoms with E-state index in [1.807, 2.05) is 19.1 Å². The van der Waals surface area contributed by atoms with Crippen molar-refractivity contribution in [2.45, 2.75) is 43.5 Å². The molecule has 30 heavy (non-hydrogen) atoms. The third kappa shape index (κ3) is 6.31. The molecule has 3 rings (SSSR count). The van der Waals surface area contributed by atoms with Gasteiger partial charge in [0.15, 0.2) is 9.84 Å². The quantitative estimate of drug-likeness (QED) is 0.701. The highest BCUT2D eigenvalue weighted by molar-refractivity contribution is 7.90. The van der Waals surface area contributed by atoms with E-state index >= 15 is 0 Å². The molecule has 1 aliphatic rings. The van der Waals surface area contributed by atoms with Gasteiger partial charge in [-0.05, 0) is 61.7 Å². The molecular formula is C23H31N3O3S. The fourth-order valence-corrected chi connectivity index (χ4v) is 4.29. The lowest BCUT2D eigenvalue weighted by Crippen LogP contribution is -2.30. The molecule has 0 saturated carbocycles. The largest absolute Gasteiger partial charge is 0.372 e. The molecule has 0 aliphatic carbocycles. The Morgan fingerprint density at radius 2 is 1.57 bits per heavy atom. The summed E-state index contributed by atoms with van der Waals surface area (Å²) in [5.74, 6) is -0.114. The molecule has 1 heterocycles. The molecule has 0 radical (unpaired) electrons. The van der Waals surface area contributed by atoms with Crippen LogP contribution in [0.4, 0.5) is 11.4 Å². The van der Waals surface area contributed by atoms with Gasteiger partial charge in [0, 0.05) is 36.8 Å². The zero-order valence-electron chi connectivity index (χ0n) is 17.7. The van der Waals surface area contributed by atoms with E-state index in [1.54, 1.807) is 24.3 Å². The van der Waals surface area contributed by atoms with Crippen molar-refractivity contribution in [1.29, 1.82) is 0 Å². The van der Waals surface area contributed by atoms with Gasteiger partial charge < -0.3 is 15.5 Å². The van der Waals surface area contributed by atoms with Crippen LogP contribution in [0.25, 0.3) is 0 Å². The first-order valence-electron chi connectivity index (χ1n) is 10.5. The summed E-state index contributed by atoms with van der Waals surface area (Å²) in [5.41, 5.74) is 2.92. The van der Waals surface area contributed by atoms with Crippen molar-refractivity contribution in [2.75, 3.05) is 36.1 Å². The zero-order valence-corrected chi connectivity index (χ0v) is 18.5. The number of nitrogens with one attached hydrogen (secondary N) is 2. The first kappa shape index (κ1) is 22.3. The Kier molecular flexibility index (Phi) is 7.50. The first-order chi connectivity index (χ1) is 14.3. The maximum atomic E-state index is 12.3. The van der Waals surface area contributed by atoms with Crippen LogP contribution in [0.15, 0.2) is 53.4 Å². The Labute approximate surface area is 179 Å². The summed E-state index contributed by atoms with van der Waals surface area (Å²) in [7, 11) is -3.21. The van der Waals surface area contributed by atoms with Crippen LogP contribution in [-0.4, -0.2) is 40.2 Å². The van der Waals surface area contributed by atoms with Gasteiger partial charge in [-0.15, -0.1) is 0 Å². The molecule has 6 nitrogen and oxygen atoms in total. The van der Waals surface area contributed by atoms with Crippen molar-refractivity contribution < 1.29 is 13.2 Å². The maximum absolute atomic E-state index is 12.3. The third-order valence-electron chi connectivity index (χ3n) is 5.50. The summed E-state index contributed by atoms with van der Waals surface area (Å²) >= 11 is 0. The number of anilines is 2. The van der Waals surface area contributed by atoms with Crippen molar-refractivity contribution in [1.82, 2.24) is 5.32 Å². The number of hydrogen-bond donors (Lipinski definition) is 2. The summed E-state index contributed by atoms with van der Waals surface area (Å²) < 4.78 is 23.1. The average molecular weight is 430 g/mol. The SMILES string of the molecule is C[C@H](NCC(=O)Nc1ccc(N2CCCCCC2)cc1)c1ccc(S(C)(=O)=O)cc1. The van der Waals surface area contributed by atoms with Gasteiger partial charge in [0.05, 0.1) is 11.4 Å². The number of carbonyl (C=O) groups is 1. The molecule has 0 spiro atoms. The van der Waals surface area contributed by atoms with E-state index in [2.05, 4.69) is 27.7 Å². The van der Waals surface area contributed by atoms with Crippen LogP contribution in [0.3, 0.4) is 0 Å². The highest BCUT2D eigenvalue weighted by Crippen LogP contribution is 2.21. The Morgan fingerprint density at radius 3 is 2.13 bits per heavy atom. The zero-order chi connectivity index (χ0) is 21.6. The van der Waals surface area contributed by atoms with Crippen LogP contribution in [0.2, 0.25) is 0 Å². The van der Waals surface area contributed by atoms with Crippen LogP contribution < -0.4 is 15.5 Å². The molecule has 1 atom stereocenters. The fourth-order valence-electron chi connectivity index (χ4n) is 3.66. The Bertz CT molecular complexity index is 933. The standard InChI is InChI=1S/C23H31N3O3S/c1-18(19-7-13-22(14-8-19)30(2,28)29)24-17-23(27)25-20-9-11-21(12-10-20)26-15-5-3-4-6-16-26/h7-14,18,24H,3-6,15-17H2,1-2H3,(H,25,27)/t18-/m0/s1. The van der Waals surface area contributed by atoms with Crippen LogP contribution in [-0.2, 0) is 14.6 Å². The molecule has 2 aromatic carbocycles. The van der Waals surface area contributed by atoms with E-state index in [9.17, 15) is 13.2 Å². The van der Waals surface area contributed by atoms with E-state index in [4.69, 9.17) is 0 Å². The smallest absolute Gasteiger partial charge is 0.238 e. The number of amides is 1. The van der Waals surface area contributed by atoms with Crippen molar-refractivity contribution in [3.05, 3.63) is 54.1 Å². The van der Waals surface area contributed by atoms with Crippen LogP contribution in [0, 0.1) is 0 Å². The first-order valence-corrected chi connectivity index (χ1v) is 12.4. The minimum absolute atomic E-state index is 0.0743. The summed E-state index contributed by atoms with van der Waals surface area (Å²) in [5, 5.41) is 6.10. The van der Waals surface area contributed by atoms with E-state index in [0.717, 1.165) is 24.3 Å². The lowest BCUT2D eigenvalue weighted by molar-refractivity contribution is -0.115. The number of sulfone groups is 1. The summed E-state index contributed by atoms with van der Waals surface area (Å²) in [6, 6.07) is 14.7. The highest BCUT2D eigenvalue weighted by atomic mass is 32.2. The summed E-state index contributed by atoms with van der Waals surface area (Å²) in [6.07, 6.45) is 6.27. The van der Waals surface area contributed by atoms with Gasteiger partial charge in [0.1, 0.15) is 0 Å². The molecule has 0 bridgehead atoms. The van der Waals surface area contributed by atoms with E-state index < -0.39 is 9.84 Å². The van der Waals surface area contributed by atoms with Gasteiger partial charge in [-0.1, -0.05) is 25.0 Å². The second-order valence-electron chi connectivity index (χ2n) is 7.94. The monoisotopic (exact) mass is 429 g/mol. The van der Waals surface area contributed by atoms with Crippen LogP contribution in [0.1, 0.15) is 44.2 Å². The topological polar surface area (TPSA) is 78.5 Å². The second-order valence-corrected chi connectivity index (χ2v) is 9.96. The van der Waals surface area contributed by atoms with Gasteiger partial charge in [-0.2, -0.15) is 0 Å². The minimum atomic E-state index is -3.21. The summed E-state index contributed by atoms with van der Waals surface area (Å²) in [4.78, 5) is 15.0. The molecule has 1 aliphatic heterocycles. The Balaban J connectivity index is 1.49. The molecule has 1 fully saturated rings. The van der Waals surface area contributed by atoms with Crippen LogP contribution >= 0.6 is 0 Å². The third-order valence-corrected chi connectivity index (χ3v) is 6.63. The van der Waals surface area contributed by atoms with E-state index in [-0.39, 0.29) is 18.5 Å². The fraction of sp³-hybridized carbons (Fsp3) is 0.435. The van der Waals surface area contributed by atoms with Crippen LogP contribution in [0.5, 0.6) is 0 Å². The number of rotatable bonds is 7. The number of benzene rings is 2. The normalized spacial score (nSPS) is 16.0. The number of nitrogens with zero attached hydrogens (tertiary/aromatic N) is 1. The van der Waals surface area contributed by atoms with E-state index in [0.29, 0.717) is 4.90 Å². The van der Waals surface area contributed by atoms with Gasteiger partial charge in [0.2, 0.25) is 5.91 Å². The molecule has 2 aromatic rings. The second kappa shape index (κ2) is 10.1. The van der Waals surface area contributed by atoms with Crippen molar-refractivity contribution in [3.8, 4) is 0 Å². The van der Waals surface area contributed by atoms with E-state index in [1.165, 1.54) is 37.6 Å². The van der Waals surface area contributed by atoms with Gasteiger partial charge >= 0.3 is 0 Å². The maximum Gasteiger partial charge on any atom is 0.238 e. The van der Waals surface area contributed by atoms with Gasteiger partial charge in [-0.25, -0.2) is 8.42 Å². The molecule has 1 saturated heterocycles. The lowest BCUT2D eigenvalue weighted by atomic mass is 10.1. The lowest BCUT2D eigenvalue weighted by Gasteiger charge is -2.22. The number of hydrogen-bond acceptors (Lipinski definition) is 5. The highest BCUT2D eigenvalue weighted by Gasteiger charge is 2.12.